The molecule has 3 rings (SSSR count). The molecule has 20 heavy (non-hydrogen) atoms. The molecule has 5 heteroatoms. The average molecular weight is 279 g/mol. The molecule has 2 aliphatic carbocycles. The molecule has 0 spiro atoms. The molecule has 2 atom stereocenters. The highest BCUT2D eigenvalue weighted by atomic mass is 16.2. The van der Waals surface area contributed by atoms with Crippen LogP contribution in [0.2, 0.25) is 0 Å². The van der Waals surface area contributed by atoms with Gasteiger partial charge in [0, 0.05) is 25.2 Å². The van der Waals surface area contributed by atoms with E-state index in [1.165, 1.54) is 6.42 Å². The molecule has 3 fully saturated rings. The molecule has 1 heterocycles. The van der Waals surface area contributed by atoms with Gasteiger partial charge in [-0.05, 0) is 50.4 Å². The minimum atomic E-state index is -0.399. The second-order valence-corrected chi connectivity index (χ2v) is 6.68. The molecule has 0 radical (unpaired) electrons. The second kappa shape index (κ2) is 5.72. The van der Waals surface area contributed by atoms with Crippen molar-refractivity contribution in [3.05, 3.63) is 0 Å². The maximum absolute atomic E-state index is 12.2. The van der Waals surface area contributed by atoms with Gasteiger partial charge in [0.15, 0.2) is 0 Å². The number of rotatable bonds is 1. The van der Waals surface area contributed by atoms with E-state index < -0.39 is 5.91 Å². The molecule has 2 saturated carbocycles. The van der Waals surface area contributed by atoms with Crippen LogP contribution in [0.4, 0.5) is 0 Å². The Morgan fingerprint density at radius 2 is 1.60 bits per heavy atom. The molecule has 0 aromatic heterocycles. The van der Waals surface area contributed by atoms with Gasteiger partial charge in [-0.1, -0.05) is 6.42 Å². The van der Waals surface area contributed by atoms with Gasteiger partial charge in [-0.15, -0.1) is 0 Å². The van der Waals surface area contributed by atoms with Crippen LogP contribution in [0.3, 0.4) is 0 Å². The molecule has 2 unspecified atom stereocenters. The summed E-state index contributed by atoms with van der Waals surface area (Å²) >= 11 is 0. The van der Waals surface area contributed by atoms with Crippen molar-refractivity contribution in [1.82, 2.24) is 10.2 Å². The molecule has 5 nitrogen and oxygen atoms in total. The average Bonchev–Trinajstić information content (AvgIpc) is 2.92. The van der Waals surface area contributed by atoms with Crippen molar-refractivity contribution < 1.29 is 9.59 Å². The molecule has 3 aliphatic rings. The Bertz CT molecular complexity index is 379. The number of nitrogens with two attached hydrogens (primary N) is 1. The number of likely N-dealkylation sites (tertiary alicyclic amines) is 1. The largest absolute Gasteiger partial charge is 0.345 e. The second-order valence-electron chi connectivity index (χ2n) is 6.68. The highest BCUT2D eigenvalue weighted by Crippen LogP contribution is 2.39. The van der Waals surface area contributed by atoms with Crippen LogP contribution in [0.5, 0.6) is 0 Å². The third kappa shape index (κ3) is 2.68. The van der Waals surface area contributed by atoms with E-state index >= 15 is 0 Å². The summed E-state index contributed by atoms with van der Waals surface area (Å²) in [5.41, 5.74) is 6.09. The lowest BCUT2D eigenvalue weighted by molar-refractivity contribution is -0.146. The molecule has 0 aromatic rings. The van der Waals surface area contributed by atoms with E-state index in [4.69, 9.17) is 5.73 Å². The van der Waals surface area contributed by atoms with Crippen LogP contribution in [-0.4, -0.2) is 41.9 Å². The van der Waals surface area contributed by atoms with Crippen LogP contribution in [-0.2, 0) is 9.59 Å². The normalized spacial score (nSPS) is 36.8. The SMILES string of the molecule is NC1CC2CCCC(C1)C2NC(=O)C(=O)N1CCCC1. The zero-order valence-electron chi connectivity index (χ0n) is 12.0. The Morgan fingerprint density at radius 1 is 1.00 bits per heavy atom. The van der Waals surface area contributed by atoms with Crippen molar-refractivity contribution in [3.8, 4) is 0 Å². The first-order valence-corrected chi connectivity index (χ1v) is 8.00. The van der Waals surface area contributed by atoms with Crippen molar-refractivity contribution in [3.63, 3.8) is 0 Å². The monoisotopic (exact) mass is 279 g/mol. The quantitative estimate of drug-likeness (QED) is 0.691. The van der Waals surface area contributed by atoms with E-state index in [9.17, 15) is 9.59 Å². The number of fused-ring (bicyclic) bond motifs is 2. The van der Waals surface area contributed by atoms with Crippen molar-refractivity contribution in [2.45, 2.75) is 57.0 Å². The third-order valence-corrected chi connectivity index (χ3v) is 5.26. The number of amides is 2. The summed E-state index contributed by atoms with van der Waals surface area (Å²) < 4.78 is 0. The maximum atomic E-state index is 12.2. The summed E-state index contributed by atoms with van der Waals surface area (Å²) in [7, 11) is 0. The van der Waals surface area contributed by atoms with Gasteiger partial charge in [0.05, 0.1) is 0 Å². The number of hydrogen-bond acceptors (Lipinski definition) is 3. The lowest BCUT2D eigenvalue weighted by Crippen LogP contribution is -2.56. The fourth-order valence-corrected chi connectivity index (χ4v) is 4.30. The molecular weight excluding hydrogens is 254 g/mol. The minimum Gasteiger partial charge on any atom is -0.345 e. The van der Waals surface area contributed by atoms with Crippen molar-refractivity contribution >= 4 is 11.8 Å². The van der Waals surface area contributed by atoms with Gasteiger partial charge in [-0.2, -0.15) is 0 Å². The van der Waals surface area contributed by atoms with Crippen LogP contribution in [0, 0.1) is 11.8 Å². The standard InChI is InChI=1S/C15H25N3O2/c16-12-8-10-4-3-5-11(9-12)13(10)17-14(19)15(20)18-6-1-2-7-18/h10-13H,1-9,16H2,(H,17,19). The van der Waals surface area contributed by atoms with E-state index in [-0.39, 0.29) is 18.0 Å². The lowest BCUT2D eigenvalue weighted by Gasteiger charge is -2.45. The summed E-state index contributed by atoms with van der Waals surface area (Å²) in [5, 5.41) is 3.03. The van der Waals surface area contributed by atoms with Crippen LogP contribution in [0.25, 0.3) is 0 Å². The van der Waals surface area contributed by atoms with Crippen molar-refractivity contribution in [1.29, 1.82) is 0 Å². The number of nitrogens with zero attached hydrogens (tertiary/aromatic N) is 1. The molecule has 2 bridgehead atoms. The highest BCUT2D eigenvalue weighted by molar-refractivity contribution is 6.35. The Labute approximate surface area is 120 Å². The number of hydrogen-bond donors (Lipinski definition) is 2. The fourth-order valence-electron chi connectivity index (χ4n) is 4.30. The number of carbonyl (C=O) groups is 2. The predicted molar refractivity (Wildman–Crippen MR) is 75.8 cm³/mol. The molecule has 1 saturated heterocycles. The summed E-state index contributed by atoms with van der Waals surface area (Å²) in [6, 6.07) is 0.440. The fraction of sp³-hybridized carbons (Fsp3) is 0.867. The summed E-state index contributed by atoms with van der Waals surface area (Å²) in [6.45, 7) is 1.46. The molecule has 0 aromatic carbocycles. The molecule has 112 valence electrons. The number of nitrogens with one attached hydrogen (secondary N) is 1. The van der Waals surface area contributed by atoms with E-state index in [1.54, 1.807) is 4.90 Å². The van der Waals surface area contributed by atoms with Gasteiger partial charge in [0.2, 0.25) is 0 Å². The van der Waals surface area contributed by atoms with Crippen molar-refractivity contribution in [2.75, 3.05) is 13.1 Å². The van der Waals surface area contributed by atoms with Crippen LogP contribution < -0.4 is 11.1 Å². The maximum Gasteiger partial charge on any atom is 0.311 e. The first-order valence-electron chi connectivity index (χ1n) is 8.00. The van der Waals surface area contributed by atoms with Gasteiger partial charge in [0.25, 0.3) is 0 Å². The highest BCUT2D eigenvalue weighted by Gasteiger charge is 2.41. The molecular formula is C15H25N3O2. The topological polar surface area (TPSA) is 75.4 Å². The van der Waals surface area contributed by atoms with Crippen molar-refractivity contribution in [2.24, 2.45) is 17.6 Å². The van der Waals surface area contributed by atoms with Gasteiger partial charge in [0.1, 0.15) is 0 Å². The van der Waals surface area contributed by atoms with Gasteiger partial charge in [-0.25, -0.2) is 0 Å². The van der Waals surface area contributed by atoms with Crippen LogP contribution in [0.15, 0.2) is 0 Å². The third-order valence-electron chi connectivity index (χ3n) is 5.26. The Morgan fingerprint density at radius 3 is 2.20 bits per heavy atom. The Hall–Kier alpha value is -1.10. The zero-order valence-corrected chi connectivity index (χ0v) is 12.0. The predicted octanol–water partition coefficient (Wildman–Crippen LogP) is 0.631. The van der Waals surface area contributed by atoms with Crippen LogP contribution >= 0.6 is 0 Å². The van der Waals surface area contributed by atoms with E-state index in [0.29, 0.717) is 11.8 Å². The zero-order chi connectivity index (χ0) is 14.1. The molecule has 3 N–H and O–H groups in total. The molecule has 1 aliphatic heterocycles. The summed E-state index contributed by atoms with van der Waals surface area (Å²) in [4.78, 5) is 25.9. The Balaban J connectivity index is 1.61. The number of carbonyl (C=O) groups excluding carboxylic acids is 2. The first kappa shape index (κ1) is 13.9. The smallest absolute Gasteiger partial charge is 0.311 e. The minimum absolute atomic E-state index is 0.169. The van der Waals surface area contributed by atoms with Gasteiger partial charge >= 0.3 is 11.8 Å². The van der Waals surface area contributed by atoms with E-state index in [2.05, 4.69) is 5.32 Å². The lowest BCUT2D eigenvalue weighted by atomic mass is 9.67. The van der Waals surface area contributed by atoms with Gasteiger partial charge < -0.3 is 16.0 Å². The molecule has 2 amide bonds. The summed E-state index contributed by atoms with van der Waals surface area (Å²) in [6.07, 6.45) is 7.50. The van der Waals surface area contributed by atoms with Crippen LogP contribution in [0.1, 0.15) is 44.9 Å². The first-order chi connectivity index (χ1) is 9.65. The Kier molecular flexibility index (Phi) is 3.96. The summed E-state index contributed by atoms with van der Waals surface area (Å²) in [5.74, 6) is 0.195. The van der Waals surface area contributed by atoms with E-state index in [0.717, 1.165) is 51.6 Å². The van der Waals surface area contributed by atoms with Gasteiger partial charge in [-0.3, -0.25) is 9.59 Å². The van der Waals surface area contributed by atoms with E-state index in [1.807, 2.05) is 0 Å².